The van der Waals surface area contributed by atoms with Gasteiger partial charge in [0.25, 0.3) is 0 Å². The summed E-state index contributed by atoms with van der Waals surface area (Å²) < 4.78 is 26.3. The van der Waals surface area contributed by atoms with Crippen molar-refractivity contribution in [3.63, 3.8) is 0 Å². The average Bonchev–Trinajstić information content (AvgIpc) is 3.46. The smallest absolute Gasteiger partial charge is 0.411 e. The van der Waals surface area contributed by atoms with Crippen molar-refractivity contribution in [1.29, 1.82) is 5.41 Å². The Morgan fingerprint density at radius 1 is 1.18 bits per heavy atom. The molecule has 5 rings (SSSR count). The highest BCUT2D eigenvalue weighted by atomic mass is 16.8. The number of nitrogens with zero attached hydrogens (tertiary/aromatic N) is 4. The Morgan fingerprint density at radius 2 is 1.87 bits per heavy atom. The molecular formula is C27H35N7O5. The number of likely N-dealkylation sites (tertiary alicyclic amines) is 1. The maximum atomic E-state index is 13.8. The molecule has 2 aliphatic heterocycles. The predicted octanol–water partition coefficient (Wildman–Crippen LogP) is 2.99. The van der Waals surface area contributed by atoms with Gasteiger partial charge in [-0.25, -0.2) is 14.3 Å². The van der Waals surface area contributed by atoms with Gasteiger partial charge in [-0.2, -0.15) is 5.10 Å². The summed E-state index contributed by atoms with van der Waals surface area (Å²) in [6.45, 7) is 9.62. The molecule has 12 nitrogen and oxygen atoms in total. The first kappa shape index (κ1) is 26.9. The molecule has 3 aromatic rings. The SMILES string of the molecule is CC(C)(C)OC(=O)N1[C@H](COCc2ccccc2)[C@H]2OC(C)(C)O[C@H]2[C@@H]1c1cc(C(=N)N)c2c(N)ncnn12. The second-order valence-electron chi connectivity index (χ2n) is 11.3. The Labute approximate surface area is 226 Å². The molecule has 1 amide bonds. The summed E-state index contributed by atoms with van der Waals surface area (Å²) >= 11 is 0. The molecule has 4 heterocycles. The zero-order valence-corrected chi connectivity index (χ0v) is 22.7. The number of amides is 1. The minimum Gasteiger partial charge on any atom is -0.444 e. The third-order valence-electron chi connectivity index (χ3n) is 6.72. The monoisotopic (exact) mass is 537 g/mol. The van der Waals surface area contributed by atoms with Crippen LogP contribution in [0.25, 0.3) is 5.52 Å². The van der Waals surface area contributed by atoms with Crippen LogP contribution in [0.1, 0.15) is 57.5 Å². The van der Waals surface area contributed by atoms with Gasteiger partial charge >= 0.3 is 6.09 Å². The van der Waals surface area contributed by atoms with Crippen molar-refractivity contribution in [2.75, 3.05) is 12.3 Å². The minimum atomic E-state index is -0.907. The van der Waals surface area contributed by atoms with Gasteiger partial charge in [-0.15, -0.1) is 0 Å². The fraction of sp³-hybridized carbons (Fsp3) is 0.481. The fourth-order valence-electron chi connectivity index (χ4n) is 5.31. The molecule has 5 N–H and O–H groups in total. The molecule has 0 spiro atoms. The van der Waals surface area contributed by atoms with Crippen LogP contribution >= 0.6 is 0 Å². The Bertz CT molecular complexity index is 1380. The molecule has 4 atom stereocenters. The quantitative estimate of drug-likeness (QED) is 0.317. The van der Waals surface area contributed by atoms with Gasteiger partial charge in [0.05, 0.1) is 24.9 Å². The molecule has 2 aromatic heterocycles. The van der Waals surface area contributed by atoms with Gasteiger partial charge in [0.1, 0.15) is 41.5 Å². The number of nitrogen functional groups attached to an aromatic ring is 2. The number of nitrogens with one attached hydrogen (secondary N) is 1. The lowest BCUT2D eigenvalue weighted by molar-refractivity contribution is -0.170. The van der Waals surface area contributed by atoms with Gasteiger partial charge in [0, 0.05) is 5.56 Å². The second kappa shape index (κ2) is 9.78. The third kappa shape index (κ3) is 5.14. The van der Waals surface area contributed by atoms with E-state index in [4.69, 9.17) is 35.8 Å². The zero-order valence-electron chi connectivity index (χ0n) is 22.7. The second-order valence-corrected chi connectivity index (χ2v) is 11.3. The molecule has 39 heavy (non-hydrogen) atoms. The standard InChI is InChI=1S/C27H35N7O5/c1-26(2,3)39-25(35)33-18(13-36-12-15-9-7-6-8-10-15)21-22(38-27(4,5)37-21)20(33)17-11-16(23(28)29)19-24(30)31-14-32-34(17)19/h6-11,14,18,20-22H,12-13H2,1-5H3,(H3,28,29)(H2,30,31,32)/t18-,20+,21-,22+/m1/s1. The number of benzene rings is 1. The lowest BCUT2D eigenvalue weighted by atomic mass is 10.1. The van der Waals surface area contributed by atoms with Crippen LogP contribution in [0.2, 0.25) is 0 Å². The number of hydrogen-bond donors (Lipinski definition) is 3. The van der Waals surface area contributed by atoms with Crippen molar-refractivity contribution in [3.8, 4) is 0 Å². The average molecular weight is 538 g/mol. The molecule has 0 bridgehead atoms. The van der Waals surface area contributed by atoms with E-state index in [1.54, 1.807) is 15.5 Å². The number of fused-ring (bicyclic) bond motifs is 2. The zero-order chi connectivity index (χ0) is 28.1. The summed E-state index contributed by atoms with van der Waals surface area (Å²) in [5, 5.41) is 12.5. The van der Waals surface area contributed by atoms with Crippen LogP contribution in [0.5, 0.6) is 0 Å². The van der Waals surface area contributed by atoms with Crippen molar-refractivity contribution in [2.45, 2.75) is 76.9 Å². The van der Waals surface area contributed by atoms with Crippen molar-refractivity contribution < 1.29 is 23.7 Å². The van der Waals surface area contributed by atoms with E-state index in [0.717, 1.165) is 5.56 Å². The van der Waals surface area contributed by atoms with Crippen LogP contribution < -0.4 is 11.5 Å². The maximum Gasteiger partial charge on any atom is 0.411 e. The molecule has 0 radical (unpaired) electrons. The molecule has 12 heteroatoms. The van der Waals surface area contributed by atoms with E-state index in [2.05, 4.69) is 10.1 Å². The predicted molar refractivity (Wildman–Crippen MR) is 143 cm³/mol. The summed E-state index contributed by atoms with van der Waals surface area (Å²) in [5.41, 5.74) is 13.6. The van der Waals surface area contributed by atoms with E-state index in [1.165, 1.54) is 6.33 Å². The highest BCUT2D eigenvalue weighted by Crippen LogP contribution is 2.48. The summed E-state index contributed by atoms with van der Waals surface area (Å²) in [6, 6.07) is 10.2. The number of rotatable bonds is 6. The number of anilines is 1. The van der Waals surface area contributed by atoms with Crippen molar-refractivity contribution in [2.24, 2.45) is 5.73 Å². The van der Waals surface area contributed by atoms with E-state index >= 15 is 0 Å². The highest BCUT2D eigenvalue weighted by Gasteiger charge is 2.61. The molecule has 2 saturated heterocycles. The van der Waals surface area contributed by atoms with E-state index < -0.39 is 41.8 Å². The topological polar surface area (TPSA) is 163 Å². The van der Waals surface area contributed by atoms with Gasteiger partial charge in [0.2, 0.25) is 0 Å². The summed E-state index contributed by atoms with van der Waals surface area (Å²) in [4.78, 5) is 19.5. The van der Waals surface area contributed by atoms with Crippen LogP contribution in [0.15, 0.2) is 42.7 Å². The number of nitrogens with two attached hydrogens (primary N) is 2. The molecular weight excluding hydrogens is 502 g/mol. The number of ether oxygens (including phenoxy) is 4. The van der Waals surface area contributed by atoms with Gasteiger partial charge in [-0.05, 0) is 46.2 Å². The molecule has 2 aliphatic rings. The van der Waals surface area contributed by atoms with Crippen molar-refractivity contribution in [3.05, 3.63) is 59.5 Å². The number of amidine groups is 1. The number of carbonyl (C=O) groups is 1. The lowest BCUT2D eigenvalue weighted by Gasteiger charge is -2.35. The molecule has 208 valence electrons. The minimum absolute atomic E-state index is 0.159. The number of carbonyl (C=O) groups excluding carboxylic acids is 1. The van der Waals surface area contributed by atoms with Gasteiger partial charge < -0.3 is 30.4 Å². The Kier molecular flexibility index (Phi) is 6.73. The van der Waals surface area contributed by atoms with Gasteiger partial charge in [0.15, 0.2) is 11.6 Å². The van der Waals surface area contributed by atoms with E-state index in [0.29, 0.717) is 23.4 Å². The fourth-order valence-corrected chi connectivity index (χ4v) is 5.31. The maximum absolute atomic E-state index is 13.8. The first-order valence-electron chi connectivity index (χ1n) is 12.8. The van der Waals surface area contributed by atoms with Gasteiger partial charge in [-0.1, -0.05) is 30.3 Å². The third-order valence-corrected chi connectivity index (χ3v) is 6.72. The lowest BCUT2D eigenvalue weighted by Crippen LogP contribution is -2.47. The first-order valence-corrected chi connectivity index (χ1v) is 12.8. The van der Waals surface area contributed by atoms with Crippen LogP contribution in [0.3, 0.4) is 0 Å². The summed E-state index contributed by atoms with van der Waals surface area (Å²) in [6.07, 6.45) is -0.358. The summed E-state index contributed by atoms with van der Waals surface area (Å²) in [7, 11) is 0. The summed E-state index contributed by atoms with van der Waals surface area (Å²) in [5.74, 6) is -0.952. The van der Waals surface area contributed by atoms with E-state index in [-0.39, 0.29) is 18.3 Å². The van der Waals surface area contributed by atoms with E-state index in [9.17, 15) is 4.79 Å². The largest absolute Gasteiger partial charge is 0.444 e. The molecule has 2 fully saturated rings. The molecule has 0 saturated carbocycles. The molecule has 0 aliphatic carbocycles. The van der Waals surface area contributed by atoms with Crippen LogP contribution in [0.4, 0.5) is 10.6 Å². The number of hydrogen-bond acceptors (Lipinski definition) is 9. The van der Waals surface area contributed by atoms with Crippen LogP contribution in [-0.2, 0) is 25.6 Å². The van der Waals surface area contributed by atoms with Gasteiger partial charge in [-0.3, -0.25) is 10.3 Å². The highest BCUT2D eigenvalue weighted by molar-refractivity contribution is 6.04. The normalized spacial score (nSPS) is 24.2. The van der Waals surface area contributed by atoms with Crippen molar-refractivity contribution >= 4 is 23.3 Å². The van der Waals surface area contributed by atoms with Crippen LogP contribution in [0, 0.1) is 5.41 Å². The molecule has 0 unspecified atom stereocenters. The molecule has 1 aromatic carbocycles. The van der Waals surface area contributed by atoms with E-state index in [1.807, 2.05) is 65.0 Å². The van der Waals surface area contributed by atoms with Crippen molar-refractivity contribution in [1.82, 2.24) is 19.5 Å². The Hall–Kier alpha value is -3.74. The number of aromatic nitrogens is 3. The first-order chi connectivity index (χ1) is 18.4. The Morgan fingerprint density at radius 3 is 2.54 bits per heavy atom. The Balaban J connectivity index is 1.60. The van der Waals surface area contributed by atoms with Crippen LogP contribution in [-0.4, -0.2) is 67.7 Å².